The van der Waals surface area contributed by atoms with E-state index in [1.165, 1.54) is 0 Å². The lowest BCUT2D eigenvalue weighted by Crippen LogP contribution is -2.36. The van der Waals surface area contributed by atoms with Crippen molar-refractivity contribution in [1.29, 1.82) is 0 Å². The molecule has 1 aromatic rings. The molecule has 1 aliphatic carbocycles. The Morgan fingerprint density at radius 2 is 2.22 bits per heavy atom. The number of nitrogens with zero attached hydrogens (tertiary/aromatic N) is 1. The van der Waals surface area contributed by atoms with Gasteiger partial charge in [-0.3, -0.25) is 4.79 Å². The van der Waals surface area contributed by atoms with Crippen LogP contribution in [0.4, 0.5) is 5.69 Å². The minimum atomic E-state index is 0.0572. The molecule has 0 radical (unpaired) electrons. The molecule has 4 nitrogen and oxygen atoms in total. The number of benzene rings is 1. The van der Waals surface area contributed by atoms with Crippen molar-refractivity contribution < 1.29 is 9.53 Å². The van der Waals surface area contributed by atoms with Crippen LogP contribution in [0.25, 0.3) is 0 Å². The number of hydrogen-bond acceptors (Lipinski definition) is 3. The van der Waals surface area contributed by atoms with Crippen molar-refractivity contribution in [2.24, 2.45) is 0 Å². The maximum absolute atomic E-state index is 12.0. The van der Waals surface area contributed by atoms with Gasteiger partial charge in [0.2, 0.25) is 0 Å². The molecule has 1 aromatic carbocycles. The number of hydrogen-bond donors (Lipinski definition) is 1. The van der Waals surface area contributed by atoms with Crippen LogP contribution in [0.2, 0.25) is 0 Å². The number of anilines is 1. The number of rotatable bonds is 5. The van der Waals surface area contributed by atoms with Crippen LogP contribution < -0.4 is 10.5 Å². The van der Waals surface area contributed by atoms with Gasteiger partial charge in [0, 0.05) is 24.3 Å². The van der Waals surface area contributed by atoms with E-state index in [2.05, 4.69) is 0 Å². The molecule has 0 saturated heterocycles. The molecule has 0 atom stereocenters. The minimum absolute atomic E-state index is 0.0572. The predicted molar refractivity (Wildman–Crippen MR) is 71.5 cm³/mol. The summed E-state index contributed by atoms with van der Waals surface area (Å²) in [5.74, 6) is 0.747. The molecule has 0 unspecified atom stereocenters. The minimum Gasteiger partial charge on any atom is -0.483 e. The molecule has 0 aromatic heterocycles. The zero-order valence-corrected chi connectivity index (χ0v) is 11.0. The van der Waals surface area contributed by atoms with Crippen LogP contribution in [-0.4, -0.2) is 30.0 Å². The number of nitrogen functional groups attached to an aromatic ring is 1. The standard InChI is InChI=1S/C14H20N2O2/c1-3-16(12-6-7-12)14(17)9-18-13-8-11(15)5-4-10(13)2/h4-5,8,12H,3,6-7,9,15H2,1-2H3. The topological polar surface area (TPSA) is 55.6 Å². The smallest absolute Gasteiger partial charge is 0.260 e. The van der Waals surface area contributed by atoms with Gasteiger partial charge in [0.25, 0.3) is 5.91 Å². The second-order valence-electron chi connectivity index (χ2n) is 4.72. The average molecular weight is 248 g/mol. The Balaban J connectivity index is 1.94. The molecule has 4 heteroatoms. The number of carbonyl (C=O) groups is 1. The highest BCUT2D eigenvalue weighted by Gasteiger charge is 2.31. The van der Waals surface area contributed by atoms with Crippen molar-refractivity contribution in [3.63, 3.8) is 0 Å². The van der Waals surface area contributed by atoms with E-state index in [9.17, 15) is 4.79 Å². The quantitative estimate of drug-likeness (QED) is 0.810. The predicted octanol–water partition coefficient (Wildman–Crippen LogP) is 1.97. The van der Waals surface area contributed by atoms with Crippen LogP contribution in [0.3, 0.4) is 0 Å². The highest BCUT2D eigenvalue weighted by Crippen LogP contribution is 2.27. The molecule has 2 rings (SSSR count). The Hall–Kier alpha value is -1.71. The highest BCUT2D eigenvalue weighted by atomic mass is 16.5. The van der Waals surface area contributed by atoms with Gasteiger partial charge in [-0.05, 0) is 38.3 Å². The Kier molecular flexibility index (Phi) is 3.75. The molecule has 1 aliphatic rings. The Morgan fingerprint density at radius 3 is 2.83 bits per heavy atom. The van der Waals surface area contributed by atoms with Crippen LogP contribution >= 0.6 is 0 Å². The van der Waals surface area contributed by atoms with Gasteiger partial charge in [-0.2, -0.15) is 0 Å². The molecule has 1 fully saturated rings. The van der Waals surface area contributed by atoms with Crippen molar-refractivity contribution in [2.75, 3.05) is 18.9 Å². The largest absolute Gasteiger partial charge is 0.483 e. The fourth-order valence-electron chi connectivity index (χ4n) is 2.02. The number of likely N-dealkylation sites (N-methyl/N-ethyl adjacent to an activating group) is 1. The number of ether oxygens (including phenoxy) is 1. The van der Waals surface area contributed by atoms with Gasteiger partial charge in [0.1, 0.15) is 5.75 Å². The van der Waals surface area contributed by atoms with Gasteiger partial charge in [0.15, 0.2) is 6.61 Å². The van der Waals surface area contributed by atoms with Gasteiger partial charge < -0.3 is 15.4 Å². The summed E-state index contributed by atoms with van der Waals surface area (Å²) < 4.78 is 5.57. The maximum atomic E-state index is 12.0. The van der Waals surface area contributed by atoms with Crippen molar-refractivity contribution in [1.82, 2.24) is 4.90 Å². The van der Waals surface area contributed by atoms with Crippen molar-refractivity contribution in [3.05, 3.63) is 23.8 Å². The summed E-state index contributed by atoms with van der Waals surface area (Å²) in [4.78, 5) is 13.9. The monoisotopic (exact) mass is 248 g/mol. The molecule has 1 saturated carbocycles. The lowest BCUT2D eigenvalue weighted by atomic mass is 10.2. The van der Waals surface area contributed by atoms with Gasteiger partial charge in [-0.15, -0.1) is 0 Å². The second kappa shape index (κ2) is 5.29. The molecule has 1 amide bonds. The van der Waals surface area contributed by atoms with Crippen LogP contribution in [0.15, 0.2) is 18.2 Å². The summed E-state index contributed by atoms with van der Waals surface area (Å²) >= 11 is 0. The normalized spacial score (nSPS) is 14.3. The lowest BCUT2D eigenvalue weighted by molar-refractivity contribution is -0.133. The first-order valence-electron chi connectivity index (χ1n) is 6.40. The Bertz CT molecular complexity index is 441. The molecule has 0 heterocycles. The molecule has 0 aliphatic heterocycles. The first-order chi connectivity index (χ1) is 8.61. The van der Waals surface area contributed by atoms with E-state index in [0.717, 1.165) is 24.9 Å². The third-order valence-corrected chi connectivity index (χ3v) is 3.21. The fraction of sp³-hybridized carbons (Fsp3) is 0.500. The van der Waals surface area contributed by atoms with Crippen molar-refractivity contribution >= 4 is 11.6 Å². The average Bonchev–Trinajstić information content (AvgIpc) is 3.16. The van der Waals surface area contributed by atoms with Crippen LogP contribution in [0, 0.1) is 6.92 Å². The Labute approximate surface area is 108 Å². The molecular formula is C14H20N2O2. The number of nitrogens with two attached hydrogens (primary N) is 1. The summed E-state index contributed by atoms with van der Waals surface area (Å²) in [6.45, 7) is 4.79. The van der Waals surface area contributed by atoms with E-state index in [0.29, 0.717) is 17.5 Å². The number of carbonyl (C=O) groups excluding carboxylic acids is 1. The van der Waals surface area contributed by atoms with Gasteiger partial charge in [0.05, 0.1) is 0 Å². The number of amides is 1. The van der Waals surface area contributed by atoms with E-state index in [1.54, 1.807) is 6.07 Å². The van der Waals surface area contributed by atoms with E-state index in [1.807, 2.05) is 30.9 Å². The maximum Gasteiger partial charge on any atom is 0.260 e. The van der Waals surface area contributed by atoms with Gasteiger partial charge in [-0.1, -0.05) is 6.07 Å². The van der Waals surface area contributed by atoms with E-state index < -0.39 is 0 Å². The molecule has 0 spiro atoms. The van der Waals surface area contributed by atoms with Crippen LogP contribution in [0.5, 0.6) is 5.75 Å². The van der Waals surface area contributed by atoms with E-state index in [4.69, 9.17) is 10.5 Å². The Morgan fingerprint density at radius 1 is 1.50 bits per heavy atom. The summed E-state index contributed by atoms with van der Waals surface area (Å²) in [5, 5.41) is 0. The van der Waals surface area contributed by atoms with Crippen LogP contribution in [-0.2, 0) is 4.79 Å². The first kappa shape index (κ1) is 12.7. The molecule has 0 bridgehead atoms. The van der Waals surface area contributed by atoms with E-state index >= 15 is 0 Å². The highest BCUT2D eigenvalue weighted by molar-refractivity contribution is 5.78. The molecular weight excluding hydrogens is 228 g/mol. The van der Waals surface area contributed by atoms with Gasteiger partial charge >= 0.3 is 0 Å². The SMILES string of the molecule is CCN(C(=O)COc1cc(N)ccc1C)C1CC1. The third kappa shape index (κ3) is 2.94. The molecule has 98 valence electrons. The number of aryl methyl sites for hydroxylation is 1. The zero-order valence-electron chi connectivity index (χ0n) is 11.0. The third-order valence-electron chi connectivity index (χ3n) is 3.21. The first-order valence-corrected chi connectivity index (χ1v) is 6.40. The molecule has 18 heavy (non-hydrogen) atoms. The summed E-state index contributed by atoms with van der Waals surface area (Å²) in [6, 6.07) is 5.92. The van der Waals surface area contributed by atoms with E-state index in [-0.39, 0.29) is 12.5 Å². The van der Waals surface area contributed by atoms with Gasteiger partial charge in [-0.25, -0.2) is 0 Å². The molecule has 2 N–H and O–H groups in total. The van der Waals surface area contributed by atoms with Crippen molar-refractivity contribution in [2.45, 2.75) is 32.7 Å². The lowest BCUT2D eigenvalue weighted by Gasteiger charge is -2.20. The second-order valence-corrected chi connectivity index (χ2v) is 4.72. The van der Waals surface area contributed by atoms with Crippen molar-refractivity contribution in [3.8, 4) is 5.75 Å². The fourth-order valence-corrected chi connectivity index (χ4v) is 2.02. The zero-order chi connectivity index (χ0) is 13.1. The summed E-state index contributed by atoms with van der Waals surface area (Å²) in [6.07, 6.45) is 2.24. The summed E-state index contributed by atoms with van der Waals surface area (Å²) in [5.41, 5.74) is 7.35. The summed E-state index contributed by atoms with van der Waals surface area (Å²) in [7, 11) is 0. The van der Waals surface area contributed by atoms with Crippen LogP contribution in [0.1, 0.15) is 25.3 Å².